The molecule has 0 aromatic carbocycles. The van der Waals surface area contributed by atoms with Crippen molar-refractivity contribution >= 4 is 11.7 Å². The number of hydrogen-bond acceptors (Lipinski definition) is 4. The lowest BCUT2D eigenvalue weighted by molar-refractivity contribution is -0.126. The molecule has 1 saturated heterocycles. The van der Waals surface area contributed by atoms with Crippen LogP contribution in [-0.4, -0.2) is 52.3 Å². The molecule has 2 rings (SSSR count). The summed E-state index contributed by atoms with van der Waals surface area (Å²) in [6, 6.07) is 2.06. The fourth-order valence-corrected chi connectivity index (χ4v) is 2.46. The maximum Gasteiger partial charge on any atom is 0.245 e. The van der Waals surface area contributed by atoms with E-state index in [4.69, 9.17) is 0 Å². The van der Waals surface area contributed by atoms with Crippen molar-refractivity contribution in [3.8, 4) is 0 Å². The average molecular weight is 279 g/mol. The summed E-state index contributed by atoms with van der Waals surface area (Å²) in [6.45, 7) is 11.7. The van der Waals surface area contributed by atoms with Crippen LogP contribution in [0.1, 0.15) is 33.7 Å². The van der Waals surface area contributed by atoms with Crippen molar-refractivity contribution in [2.45, 2.75) is 39.3 Å². The van der Waals surface area contributed by atoms with Crippen molar-refractivity contribution in [3.05, 3.63) is 12.3 Å². The Morgan fingerprint density at radius 1 is 1.40 bits per heavy atom. The number of amides is 1. The smallest absolute Gasteiger partial charge is 0.245 e. The Hall–Kier alpha value is -1.40. The Morgan fingerprint density at radius 3 is 2.65 bits per heavy atom. The third kappa shape index (κ3) is 3.02. The van der Waals surface area contributed by atoms with Gasteiger partial charge in [-0.25, -0.2) is 4.68 Å². The lowest BCUT2D eigenvalue weighted by Gasteiger charge is -2.39. The van der Waals surface area contributed by atoms with Crippen molar-refractivity contribution in [3.63, 3.8) is 0 Å². The molecule has 0 atom stereocenters. The minimum absolute atomic E-state index is 0.0156. The zero-order chi connectivity index (χ0) is 14.8. The van der Waals surface area contributed by atoms with E-state index in [0.717, 1.165) is 32.0 Å². The molecule has 6 nitrogen and oxygen atoms in total. The zero-order valence-electron chi connectivity index (χ0n) is 12.8. The van der Waals surface area contributed by atoms with Gasteiger partial charge in [-0.15, -0.1) is 0 Å². The zero-order valence-corrected chi connectivity index (χ0v) is 12.8. The minimum Gasteiger partial charge on any atom is -0.314 e. The highest BCUT2D eigenvalue weighted by Crippen LogP contribution is 2.19. The van der Waals surface area contributed by atoms with Gasteiger partial charge in [0.1, 0.15) is 5.82 Å². The van der Waals surface area contributed by atoms with Gasteiger partial charge in [0, 0.05) is 38.3 Å². The van der Waals surface area contributed by atoms with Crippen LogP contribution in [0.25, 0.3) is 0 Å². The third-order valence-electron chi connectivity index (χ3n) is 3.86. The number of nitrogens with zero attached hydrogens (tertiary/aromatic N) is 3. The van der Waals surface area contributed by atoms with Gasteiger partial charge in [0.25, 0.3) is 0 Å². The number of carbonyl (C=O) groups excluding carboxylic acids is 1. The summed E-state index contributed by atoms with van der Waals surface area (Å²) in [5.74, 6) is 0.773. The summed E-state index contributed by atoms with van der Waals surface area (Å²) in [5, 5.41) is 10.6. The second kappa shape index (κ2) is 5.93. The molecule has 112 valence electrons. The van der Waals surface area contributed by atoms with Crippen LogP contribution < -0.4 is 10.6 Å². The topological polar surface area (TPSA) is 62.2 Å². The molecule has 1 aromatic heterocycles. The minimum atomic E-state index is -0.520. The van der Waals surface area contributed by atoms with Crippen molar-refractivity contribution in [1.82, 2.24) is 20.0 Å². The highest BCUT2D eigenvalue weighted by atomic mass is 16.2. The number of carbonyl (C=O) groups is 1. The van der Waals surface area contributed by atoms with Crippen LogP contribution in [0.4, 0.5) is 5.82 Å². The molecule has 0 bridgehead atoms. The molecular weight excluding hydrogens is 254 g/mol. The molecule has 1 aliphatic heterocycles. The molecule has 0 aliphatic carbocycles. The summed E-state index contributed by atoms with van der Waals surface area (Å²) < 4.78 is 1.83. The van der Waals surface area contributed by atoms with Crippen molar-refractivity contribution in [2.75, 3.05) is 31.5 Å². The molecule has 1 fully saturated rings. The van der Waals surface area contributed by atoms with E-state index in [2.05, 4.69) is 20.6 Å². The number of piperazine rings is 1. The van der Waals surface area contributed by atoms with Gasteiger partial charge in [-0.3, -0.25) is 9.69 Å². The van der Waals surface area contributed by atoms with Gasteiger partial charge in [0.05, 0.1) is 11.7 Å². The van der Waals surface area contributed by atoms with E-state index in [9.17, 15) is 4.79 Å². The first kappa shape index (κ1) is 15.0. The second-order valence-electron chi connectivity index (χ2n) is 6.00. The standard InChI is InChI=1S/C14H25N5O/c1-11(2)19-12(5-6-16-19)17-13(20)14(3,4)18-9-7-15-8-10-18/h5-6,11,15H,7-10H2,1-4H3,(H,17,20). The summed E-state index contributed by atoms with van der Waals surface area (Å²) in [4.78, 5) is 14.8. The molecule has 6 heteroatoms. The van der Waals surface area contributed by atoms with E-state index in [1.165, 1.54) is 0 Å². The lowest BCUT2D eigenvalue weighted by Crippen LogP contribution is -2.58. The normalized spacial score (nSPS) is 17.4. The van der Waals surface area contributed by atoms with Gasteiger partial charge in [-0.05, 0) is 27.7 Å². The molecule has 20 heavy (non-hydrogen) atoms. The number of nitrogens with one attached hydrogen (secondary N) is 2. The van der Waals surface area contributed by atoms with E-state index >= 15 is 0 Å². The van der Waals surface area contributed by atoms with Gasteiger partial charge in [-0.1, -0.05) is 0 Å². The number of aromatic nitrogens is 2. The van der Waals surface area contributed by atoms with E-state index in [1.54, 1.807) is 6.20 Å². The highest BCUT2D eigenvalue weighted by molar-refractivity contribution is 5.96. The second-order valence-corrected chi connectivity index (χ2v) is 6.00. The molecule has 0 saturated carbocycles. The molecule has 0 spiro atoms. The highest BCUT2D eigenvalue weighted by Gasteiger charge is 2.35. The predicted octanol–water partition coefficient (Wildman–Crippen LogP) is 1.09. The third-order valence-corrected chi connectivity index (χ3v) is 3.86. The van der Waals surface area contributed by atoms with Crippen LogP contribution in [0, 0.1) is 0 Å². The Balaban J connectivity index is 2.08. The summed E-state index contributed by atoms with van der Waals surface area (Å²) >= 11 is 0. The maximum absolute atomic E-state index is 12.6. The van der Waals surface area contributed by atoms with Crippen LogP contribution in [0.3, 0.4) is 0 Å². The molecule has 0 radical (unpaired) electrons. The molecule has 1 amide bonds. The lowest BCUT2D eigenvalue weighted by atomic mass is 10.0. The van der Waals surface area contributed by atoms with E-state index in [1.807, 2.05) is 38.4 Å². The molecular formula is C14H25N5O. The Labute approximate surface area is 120 Å². The van der Waals surface area contributed by atoms with Gasteiger partial charge < -0.3 is 10.6 Å². The van der Waals surface area contributed by atoms with Crippen LogP contribution in [0.2, 0.25) is 0 Å². The Kier molecular flexibility index (Phi) is 4.45. The molecule has 2 N–H and O–H groups in total. The van der Waals surface area contributed by atoms with Gasteiger partial charge >= 0.3 is 0 Å². The Morgan fingerprint density at radius 2 is 2.05 bits per heavy atom. The summed E-state index contributed by atoms with van der Waals surface area (Å²) in [5.41, 5.74) is -0.520. The first-order chi connectivity index (χ1) is 9.43. The van der Waals surface area contributed by atoms with Crippen LogP contribution in [0.15, 0.2) is 12.3 Å². The number of hydrogen-bond donors (Lipinski definition) is 2. The quantitative estimate of drug-likeness (QED) is 0.866. The van der Waals surface area contributed by atoms with Crippen LogP contribution >= 0.6 is 0 Å². The average Bonchev–Trinajstić information content (AvgIpc) is 2.88. The monoisotopic (exact) mass is 279 g/mol. The predicted molar refractivity (Wildman–Crippen MR) is 79.8 cm³/mol. The van der Waals surface area contributed by atoms with Crippen molar-refractivity contribution < 1.29 is 4.79 Å². The number of anilines is 1. The van der Waals surface area contributed by atoms with Crippen LogP contribution in [0.5, 0.6) is 0 Å². The summed E-state index contributed by atoms with van der Waals surface area (Å²) in [6.07, 6.45) is 1.72. The fraction of sp³-hybridized carbons (Fsp3) is 0.714. The summed E-state index contributed by atoms with van der Waals surface area (Å²) in [7, 11) is 0. The fourth-order valence-electron chi connectivity index (χ4n) is 2.46. The van der Waals surface area contributed by atoms with Crippen LogP contribution in [-0.2, 0) is 4.79 Å². The first-order valence-electron chi connectivity index (χ1n) is 7.23. The van der Waals surface area contributed by atoms with E-state index in [0.29, 0.717) is 0 Å². The van der Waals surface area contributed by atoms with Gasteiger partial charge in [0.15, 0.2) is 0 Å². The largest absolute Gasteiger partial charge is 0.314 e. The van der Waals surface area contributed by atoms with Gasteiger partial charge in [-0.2, -0.15) is 5.10 Å². The van der Waals surface area contributed by atoms with Gasteiger partial charge in [0.2, 0.25) is 5.91 Å². The SMILES string of the molecule is CC(C)n1nccc1NC(=O)C(C)(C)N1CCNCC1. The molecule has 1 aromatic rings. The van der Waals surface area contributed by atoms with E-state index in [-0.39, 0.29) is 11.9 Å². The molecule has 2 heterocycles. The maximum atomic E-state index is 12.6. The first-order valence-corrected chi connectivity index (χ1v) is 7.23. The molecule has 0 unspecified atom stereocenters. The van der Waals surface area contributed by atoms with Crippen molar-refractivity contribution in [1.29, 1.82) is 0 Å². The van der Waals surface area contributed by atoms with Crippen molar-refractivity contribution in [2.24, 2.45) is 0 Å². The molecule has 1 aliphatic rings. The van der Waals surface area contributed by atoms with E-state index < -0.39 is 5.54 Å². The number of rotatable bonds is 4. The Bertz CT molecular complexity index is 460.